The van der Waals surface area contributed by atoms with E-state index in [-0.39, 0.29) is 24.7 Å². The number of methoxy groups -OCH3 is 1. The van der Waals surface area contributed by atoms with E-state index < -0.39 is 48.5 Å². The average Bonchev–Trinajstić information content (AvgIpc) is 3.07. The fraction of sp³-hybridized carbons (Fsp3) is 0.865. The van der Waals surface area contributed by atoms with Gasteiger partial charge < -0.3 is 30.0 Å². The molecule has 0 aliphatic heterocycles. The van der Waals surface area contributed by atoms with Gasteiger partial charge in [0.25, 0.3) is 0 Å². The minimum atomic E-state index is -1.25. The van der Waals surface area contributed by atoms with Crippen LogP contribution in [-0.2, 0) is 38.2 Å². The lowest BCUT2D eigenvalue weighted by Crippen LogP contribution is -2.53. The summed E-state index contributed by atoms with van der Waals surface area (Å²) in [6.45, 7) is 5.13. The van der Waals surface area contributed by atoms with Gasteiger partial charge in [0.05, 0.1) is 20.1 Å². The van der Waals surface area contributed by atoms with Gasteiger partial charge in [-0.1, -0.05) is 117 Å². The smallest absolute Gasteiger partial charge is 0.330 e. The molecule has 12 heteroatoms. The van der Waals surface area contributed by atoms with Crippen molar-refractivity contribution in [2.75, 3.05) is 31.8 Å². The Kier molecular flexibility index (Phi) is 31.3. The predicted octanol–water partition coefficient (Wildman–Crippen LogP) is 6.56. The normalized spacial score (nSPS) is 12.8. The molecule has 0 heterocycles. The van der Waals surface area contributed by atoms with Crippen LogP contribution in [0.25, 0.3) is 0 Å². The number of hydrogen-bond donors (Lipinski definition) is 3. The van der Waals surface area contributed by atoms with Crippen molar-refractivity contribution in [2.24, 2.45) is 0 Å². The third-order valence-electron chi connectivity index (χ3n) is 8.26. The van der Waals surface area contributed by atoms with Crippen LogP contribution in [-0.4, -0.2) is 84.8 Å². The zero-order valence-electron chi connectivity index (χ0n) is 31.0. The number of amides is 2. The topological polar surface area (TPSA) is 157 Å². The van der Waals surface area contributed by atoms with Crippen molar-refractivity contribution in [2.45, 2.75) is 174 Å². The maximum absolute atomic E-state index is 12.7. The fourth-order valence-corrected chi connectivity index (χ4v) is 6.23. The zero-order valence-corrected chi connectivity index (χ0v) is 31.8. The molecule has 3 atom stereocenters. The summed E-state index contributed by atoms with van der Waals surface area (Å²) in [6, 6.07) is -2.22. The molecule has 3 N–H and O–H groups in total. The number of hydrogen-bond acceptors (Lipinski definition) is 10. The average molecular weight is 717 g/mol. The van der Waals surface area contributed by atoms with E-state index in [1.165, 1.54) is 95.7 Å². The quantitative estimate of drug-likeness (QED) is 0.0386. The largest absolute Gasteiger partial charge is 0.467 e. The van der Waals surface area contributed by atoms with Crippen molar-refractivity contribution in [3.8, 4) is 0 Å². The molecule has 0 unspecified atom stereocenters. The van der Waals surface area contributed by atoms with Gasteiger partial charge in [-0.3, -0.25) is 19.2 Å². The van der Waals surface area contributed by atoms with E-state index in [2.05, 4.69) is 29.2 Å². The number of thioether (sulfide) groups is 1. The molecule has 0 aromatic heterocycles. The molecular formula is C37H68N2O9S. The van der Waals surface area contributed by atoms with Gasteiger partial charge in [0, 0.05) is 24.9 Å². The number of carbonyl (C=O) groups excluding carboxylic acids is 5. The van der Waals surface area contributed by atoms with E-state index in [1.54, 1.807) is 0 Å². The van der Waals surface area contributed by atoms with Crippen LogP contribution in [0.5, 0.6) is 0 Å². The van der Waals surface area contributed by atoms with Gasteiger partial charge in [0.15, 0.2) is 6.04 Å². The lowest BCUT2D eigenvalue weighted by molar-refractivity contribution is -0.155. The highest BCUT2D eigenvalue weighted by molar-refractivity contribution is 7.99. The first kappa shape index (κ1) is 46.7. The summed E-state index contributed by atoms with van der Waals surface area (Å²) in [5, 5.41) is 14.3. The monoisotopic (exact) mass is 716 g/mol. The molecule has 0 bridgehead atoms. The molecule has 49 heavy (non-hydrogen) atoms. The molecular weight excluding hydrogens is 648 g/mol. The molecule has 0 saturated heterocycles. The Morgan fingerprint density at radius 2 is 1.22 bits per heavy atom. The lowest BCUT2D eigenvalue weighted by atomic mass is 10.0. The van der Waals surface area contributed by atoms with Gasteiger partial charge in [0.1, 0.15) is 18.8 Å². The SMILES string of the molecule is CCCCCCCCCCCC(=O)O[C@H](CCCCCCCCCCC)CC(=O)OCCSC[C@H](NC(C)=O)C(=O)N[C@@H](CO)C(=O)OC. The van der Waals surface area contributed by atoms with Crippen LogP contribution in [0.3, 0.4) is 0 Å². The minimum absolute atomic E-state index is 0.00180. The summed E-state index contributed by atoms with van der Waals surface area (Å²) in [5.41, 5.74) is 0. The van der Waals surface area contributed by atoms with Gasteiger partial charge >= 0.3 is 17.9 Å². The van der Waals surface area contributed by atoms with Crippen LogP contribution < -0.4 is 10.6 Å². The highest BCUT2D eigenvalue weighted by atomic mass is 32.2. The summed E-state index contributed by atoms with van der Waals surface area (Å²) in [6.07, 6.45) is 21.6. The Morgan fingerprint density at radius 1 is 0.694 bits per heavy atom. The van der Waals surface area contributed by atoms with Crippen molar-refractivity contribution >= 4 is 41.5 Å². The van der Waals surface area contributed by atoms with Crippen LogP contribution in [0.15, 0.2) is 0 Å². The van der Waals surface area contributed by atoms with Crippen molar-refractivity contribution in [3.05, 3.63) is 0 Å². The van der Waals surface area contributed by atoms with Crippen molar-refractivity contribution < 1.29 is 43.3 Å². The van der Waals surface area contributed by atoms with Gasteiger partial charge in [-0.05, 0) is 19.3 Å². The van der Waals surface area contributed by atoms with Gasteiger partial charge in [0.2, 0.25) is 11.8 Å². The predicted molar refractivity (Wildman–Crippen MR) is 195 cm³/mol. The number of esters is 3. The second-order valence-electron chi connectivity index (χ2n) is 12.8. The molecule has 0 radical (unpaired) electrons. The highest BCUT2D eigenvalue weighted by Gasteiger charge is 2.26. The molecule has 0 saturated carbocycles. The number of nitrogens with one attached hydrogen (secondary N) is 2. The van der Waals surface area contributed by atoms with Gasteiger partial charge in [-0.25, -0.2) is 4.79 Å². The minimum Gasteiger partial charge on any atom is -0.467 e. The van der Waals surface area contributed by atoms with E-state index in [9.17, 15) is 29.1 Å². The molecule has 0 aromatic rings. The number of rotatable bonds is 33. The molecule has 0 spiro atoms. The van der Waals surface area contributed by atoms with Crippen molar-refractivity contribution in [1.82, 2.24) is 10.6 Å². The Bertz CT molecular complexity index is 890. The first-order valence-electron chi connectivity index (χ1n) is 18.9. The Morgan fingerprint density at radius 3 is 1.73 bits per heavy atom. The highest BCUT2D eigenvalue weighted by Crippen LogP contribution is 2.17. The van der Waals surface area contributed by atoms with Crippen LogP contribution in [0, 0.1) is 0 Å². The first-order valence-corrected chi connectivity index (χ1v) is 20.0. The van der Waals surface area contributed by atoms with E-state index in [0.29, 0.717) is 18.6 Å². The molecule has 0 rings (SSSR count). The fourth-order valence-electron chi connectivity index (χ4n) is 5.39. The molecule has 0 aromatic carbocycles. The van der Waals surface area contributed by atoms with E-state index >= 15 is 0 Å². The summed E-state index contributed by atoms with van der Waals surface area (Å²) in [5.74, 6) is -2.08. The first-order chi connectivity index (χ1) is 23.7. The molecule has 0 fully saturated rings. The molecule has 0 aliphatic rings. The molecule has 0 aliphatic carbocycles. The van der Waals surface area contributed by atoms with E-state index in [1.807, 2.05) is 0 Å². The summed E-state index contributed by atoms with van der Waals surface area (Å²) >= 11 is 1.28. The van der Waals surface area contributed by atoms with Gasteiger partial charge in [-0.15, -0.1) is 0 Å². The van der Waals surface area contributed by atoms with Crippen molar-refractivity contribution in [1.29, 1.82) is 0 Å². The van der Waals surface area contributed by atoms with Crippen LogP contribution >= 0.6 is 11.8 Å². The zero-order chi connectivity index (χ0) is 36.5. The Labute approximate surface area is 300 Å². The van der Waals surface area contributed by atoms with Crippen LogP contribution in [0.4, 0.5) is 0 Å². The number of unbranched alkanes of at least 4 members (excludes halogenated alkanes) is 16. The van der Waals surface area contributed by atoms with E-state index in [4.69, 9.17) is 9.47 Å². The molecule has 11 nitrogen and oxygen atoms in total. The Balaban J connectivity index is 4.72. The number of aliphatic hydroxyl groups is 1. The maximum Gasteiger partial charge on any atom is 0.330 e. The van der Waals surface area contributed by atoms with Crippen LogP contribution in [0.1, 0.15) is 156 Å². The van der Waals surface area contributed by atoms with Crippen LogP contribution in [0.2, 0.25) is 0 Å². The van der Waals surface area contributed by atoms with Crippen molar-refractivity contribution in [3.63, 3.8) is 0 Å². The third-order valence-corrected chi connectivity index (χ3v) is 9.28. The molecule has 286 valence electrons. The molecule has 2 amide bonds. The van der Waals surface area contributed by atoms with Gasteiger partial charge in [-0.2, -0.15) is 11.8 Å². The summed E-state index contributed by atoms with van der Waals surface area (Å²) in [4.78, 5) is 61.3. The standard InChI is InChI=1S/C37H68N2O9S/c1-5-7-9-11-13-15-17-19-21-23-31(48-34(42)24-22-20-18-16-14-12-10-8-6-2)27-35(43)47-25-26-49-29-33(38-30(3)41)36(44)39-32(28-40)37(45)46-4/h31-33,40H,5-29H2,1-4H3,(H,38,41)(H,39,44)/t31-,32+,33+/m1/s1. The van der Waals surface area contributed by atoms with E-state index in [0.717, 1.165) is 45.6 Å². The second-order valence-corrected chi connectivity index (χ2v) is 14.0. The summed E-state index contributed by atoms with van der Waals surface area (Å²) in [7, 11) is 1.14. The summed E-state index contributed by atoms with van der Waals surface area (Å²) < 4.78 is 15.8. The number of aliphatic hydroxyl groups excluding tert-OH is 1. The number of carbonyl (C=O) groups is 5. The lowest BCUT2D eigenvalue weighted by Gasteiger charge is -2.20. The third kappa shape index (κ3) is 28.1. The Hall–Kier alpha value is -2.34. The number of ether oxygens (including phenoxy) is 3. The second kappa shape index (κ2) is 32.8. The maximum atomic E-state index is 12.7.